The number of anilines is 1. The Kier molecular flexibility index (Phi) is 5.13. The van der Waals surface area contributed by atoms with E-state index in [0.717, 1.165) is 34.0 Å². The number of halogens is 2. The lowest BCUT2D eigenvalue weighted by atomic mass is 9.94. The van der Waals surface area contributed by atoms with Gasteiger partial charge in [-0.05, 0) is 48.2 Å². The number of hydrogen-bond donors (Lipinski definition) is 2. The first kappa shape index (κ1) is 19.3. The largest absolute Gasteiger partial charge is 0.368 e. The Labute approximate surface area is 181 Å². The number of nitrogens with zero attached hydrogens (tertiary/aromatic N) is 5. The Balaban J connectivity index is 1.44. The van der Waals surface area contributed by atoms with Gasteiger partial charge in [-0.1, -0.05) is 23.7 Å². The van der Waals surface area contributed by atoms with Crippen LogP contribution in [-0.2, 0) is 6.42 Å². The molecule has 0 bridgehead atoms. The van der Waals surface area contributed by atoms with E-state index in [0.29, 0.717) is 35.0 Å². The fraction of sp³-hybridized carbons (Fsp3) is 0.136. The van der Waals surface area contributed by atoms with Gasteiger partial charge in [-0.15, -0.1) is 5.10 Å². The van der Waals surface area contributed by atoms with Crippen LogP contribution in [0.15, 0.2) is 55.2 Å². The fourth-order valence-electron chi connectivity index (χ4n) is 3.71. The van der Waals surface area contributed by atoms with Crippen LogP contribution in [0.5, 0.6) is 0 Å². The minimum absolute atomic E-state index is 0.301. The van der Waals surface area contributed by atoms with Crippen LogP contribution >= 0.6 is 11.6 Å². The molecule has 0 radical (unpaired) electrons. The average Bonchev–Trinajstić information content (AvgIpc) is 3.27. The third kappa shape index (κ3) is 3.77. The zero-order chi connectivity index (χ0) is 21.2. The number of fused-ring (bicyclic) bond motifs is 2. The highest BCUT2D eigenvalue weighted by atomic mass is 35.5. The summed E-state index contributed by atoms with van der Waals surface area (Å²) in [7, 11) is 0. The van der Waals surface area contributed by atoms with Crippen LogP contribution in [0.4, 0.5) is 10.2 Å². The Morgan fingerprint density at radius 3 is 2.94 bits per heavy atom. The van der Waals surface area contributed by atoms with E-state index in [1.54, 1.807) is 18.6 Å². The first-order chi connectivity index (χ1) is 15.2. The lowest BCUT2D eigenvalue weighted by molar-refractivity contribution is 0.628. The molecule has 3 aromatic heterocycles. The van der Waals surface area contributed by atoms with Gasteiger partial charge in [-0.25, -0.2) is 19.3 Å². The molecule has 0 saturated heterocycles. The number of aromatic amines is 1. The Hall–Kier alpha value is -3.65. The highest BCUT2D eigenvalue weighted by Gasteiger charge is 2.15. The first-order valence-electron chi connectivity index (χ1n) is 9.77. The number of nitrogens with one attached hydrogen (secondary N) is 2. The van der Waals surface area contributed by atoms with Crippen molar-refractivity contribution in [3.05, 3.63) is 71.7 Å². The number of H-pyrrole nitrogens is 1. The second kappa shape index (κ2) is 8.23. The SMILES string of the molecule is Fc1cccc(-c2c(CCCNc3ncnc4nc[nH]c34)cc(Cl)c3ccnnc23)c1. The van der Waals surface area contributed by atoms with E-state index < -0.39 is 0 Å². The standard InChI is InChI=1S/C22H17ClFN7/c23-17-10-14(4-2-7-25-21-20-22(27-11-26-20)29-12-28-21)18(13-3-1-5-15(24)9-13)19-16(17)6-8-30-31-19/h1,3,5-6,8-12H,2,4,7H2,(H2,25,26,27,28,29). The molecule has 0 spiro atoms. The molecule has 0 atom stereocenters. The molecule has 0 aliphatic carbocycles. The summed E-state index contributed by atoms with van der Waals surface area (Å²) in [4.78, 5) is 15.6. The number of benzene rings is 2. The number of rotatable bonds is 6. The maximum absolute atomic E-state index is 14.0. The van der Waals surface area contributed by atoms with Crippen molar-refractivity contribution in [2.45, 2.75) is 12.8 Å². The Morgan fingerprint density at radius 2 is 2.03 bits per heavy atom. The molecule has 0 saturated carbocycles. The van der Waals surface area contributed by atoms with Crippen molar-refractivity contribution in [3.8, 4) is 11.1 Å². The van der Waals surface area contributed by atoms with Gasteiger partial charge in [0.25, 0.3) is 0 Å². The molecule has 3 heterocycles. The van der Waals surface area contributed by atoms with Gasteiger partial charge in [0.15, 0.2) is 11.5 Å². The predicted molar refractivity (Wildman–Crippen MR) is 118 cm³/mol. The minimum Gasteiger partial charge on any atom is -0.368 e. The maximum atomic E-state index is 14.0. The molecule has 31 heavy (non-hydrogen) atoms. The molecule has 0 aliphatic heterocycles. The van der Waals surface area contributed by atoms with E-state index >= 15 is 0 Å². The zero-order valence-electron chi connectivity index (χ0n) is 16.3. The van der Waals surface area contributed by atoms with Gasteiger partial charge < -0.3 is 10.3 Å². The molecular formula is C22H17ClFN7. The summed E-state index contributed by atoms with van der Waals surface area (Å²) in [6.07, 6.45) is 6.18. The third-order valence-electron chi connectivity index (χ3n) is 5.09. The van der Waals surface area contributed by atoms with Crippen LogP contribution in [0, 0.1) is 5.82 Å². The van der Waals surface area contributed by atoms with Gasteiger partial charge in [-0.3, -0.25) is 0 Å². The molecule has 2 N–H and O–H groups in total. The normalized spacial score (nSPS) is 11.3. The van der Waals surface area contributed by atoms with Gasteiger partial charge in [-0.2, -0.15) is 5.10 Å². The lowest BCUT2D eigenvalue weighted by Gasteiger charge is -2.14. The van der Waals surface area contributed by atoms with Crippen molar-refractivity contribution in [2.24, 2.45) is 0 Å². The smallest absolute Gasteiger partial charge is 0.182 e. The summed E-state index contributed by atoms with van der Waals surface area (Å²) < 4.78 is 14.0. The van der Waals surface area contributed by atoms with Crippen molar-refractivity contribution in [2.75, 3.05) is 11.9 Å². The van der Waals surface area contributed by atoms with Gasteiger partial charge >= 0.3 is 0 Å². The number of aryl methyl sites for hydroxylation is 1. The molecule has 5 aromatic rings. The average molecular weight is 434 g/mol. The zero-order valence-corrected chi connectivity index (χ0v) is 17.1. The van der Waals surface area contributed by atoms with E-state index in [4.69, 9.17) is 11.6 Å². The number of imidazole rings is 1. The van der Waals surface area contributed by atoms with E-state index in [1.807, 2.05) is 18.2 Å². The van der Waals surface area contributed by atoms with Crippen molar-refractivity contribution in [1.29, 1.82) is 0 Å². The van der Waals surface area contributed by atoms with Crippen molar-refractivity contribution in [3.63, 3.8) is 0 Å². The highest BCUT2D eigenvalue weighted by molar-refractivity contribution is 6.36. The molecule has 5 rings (SSSR count). The third-order valence-corrected chi connectivity index (χ3v) is 5.40. The molecule has 2 aromatic carbocycles. The summed E-state index contributed by atoms with van der Waals surface area (Å²) in [5.41, 5.74) is 4.64. The van der Waals surface area contributed by atoms with Gasteiger partial charge in [0.1, 0.15) is 23.2 Å². The van der Waals surface area contributed by atoms with Gasteiger partial charge in [0.2, 0.25) is 0 Å². The summed E-state index contributed by atoms with van der Waals surface area (Å²) in [5, 5.41) is 13.1. The fourth-order valence-corrected chi connectivity index (χ4v) is 4.00. The summed E-state index contributed by atoms with van der Waals surface area (Å²) >= 11 is 6.53. The van der Waals surface area contributed by atoms with E-state index in [9.17, 15) is 4.39 Å². The van der Waals surface area contributed by atoms with Crippen LogP contribution in [0.3, 0.4) is 0 Å². The molecular weight excluding hydrogens is 417 g/mol. The quantitative estimate of drug-likeness (QED) is 0.374. The molecule has 154 valence electrons. The predicted octanol–water partition coefficient (Wildman–Crippen LogP) is 4.80. The Bertz CT molecular complexity index is 1390. The maximum Gasteiger partial charge on any atom is 0.182 e. The second-order valence-corrected chi connectivity index (χ2v) is 7.46. The van der Waals surface area contributed by atoms with E-state index in [2.05, 4.69) is 35.5 Å². The minimum atomic E-state index is -0.301. The van der Waals surface area contributed by atoms with Crippen molar-refractivity contribution >= 4 is 39.5 Å². The summed E-state index contributed by atoms with van der Waals surface area (Å²) in [6, 6.07) is 10.3. The van der Waals surface area contributed by atoms with Gasteiger partial charge in [0, 0.05) is 17.5 Å². The van der Waals surface area contributed by atoms with E-state index in [1.165, 1.54) is 18.5 Å². The molecule has 7 nitrogen and oxygen atoms in total. The number of aromatic nitrogens is 6. The number of hydrogen-bond acceptors (Lipinski definition) is 6. The summed E-state index contributed by atoms with van der Waals surface area (Å²) in [6.45, 7) is 0.670. The first-order valence-corrected chi connectivity index (χ1v) is 10.1. The van der Waals surface area contributed by atoms with Gasteiger partial charge in [0.05, 0.1) is 17.5 Å². The highest BCUT2D eigenvalue weighted by Crippen LogP contribution is 2.36. The van der Waals surface area contributed by atoms with E-state index in [-0.39, 0.29) is 5.82 Å². The van der Waals surface area contributed by atoms with Crippen molar-refractivity contribution in [1.82, 2.24) is 30.1 Å². The lowest BCUT2D eigenvalue weighted by Crippen LogP contribution is -2.06. The van der Waals surface area contributed by atoms with Crippen LogP contribution in [0.25, 0.3) is 33.2 Å². The molecule has 0 fully saturated rings. The molecule has 0 amide bonds. The monoisotopic (exact) mass is 433 g/mol. The topological polar surface area (TPSA) is 92.3 Å². The Morgan fingerprint density at radius 1 is 1.10 bits per heavy atom. The van der Waals surface area contributed by atoms with Crippen molar-refractivity contribution < 1.29 is 4.39 Å². The molecule has 0 aliphatic rings. The molecule has 0 unspecified atom stereocenters. The van der Waals surface area contributed by atoms with Crippen LogP contribution in [0.2, 0.25) is 5.02 Å². The van der Waals surface area contributed by atoms with Crippen LogP contribution in [0.1, 0.15) is 12.0 Å². The van der Waals surface area contributed by atoms with Crippen LogP contribution in [-0.4, -0.2) is 36.7 Å². The van der Waals surface area contributed by atoms with Crippen LogP contribution < -0.4 is 5.32 Å². The summed E-state index contributed by atoms with van der Waals surface area (Å²) in [5.74, 6) is 0.403. The molecule has 9 heteroatoms. The second-order valence-electron chi connectivity index (χ2n) is 7.05.